The third kappa shape index (κ3) is 3.25. The number of aromatic nitrogens is 1. The summed E-state index contributed by atoms with van der Waals surface area (Å²) < 4.78 is 5.43. The largest absolute Gasteiger partial charge is 0.375 e. The molecule has 1 fully saturated rings. The molecule has 5 nitrogen and oxygen atoms in total. The maximum Gasteiger partial charge on any atom is 0.240 e. The van der Waals surface area contributed by atoms with Crippen molar-refractivity contribution >= 4 is 5.91 Å². The predicted molar refractivity (Wildman–Crippen MR) is 63.3 cm³/mol. The van der Waals surface area contributed by atoms with Crippen molar-refractivity contribution < 1.29 is 9.53 Å². The van der Waals surface area contributed by atoms with Gasteiger partial charge in [-0.05, 0) is 18.6 Å². The van der Waals surface area contributed by atoms with E-state index in [2.05, 4.69) is 15.6 Å². The quantitative estimate of drug-likeness (QED) is 0.778. The Kier molecular flexibility index (Phi) is 4.06. The molecule has 0 unspecified atom stereocenters. The summed E-state index contributed by atoms with van der Waals surface area (Å²) in [7, 11) is 0. The van der Waals surface area contributed by atoms with Crippen LogP contribution in [0.4, 0.5) is 0 Å². The van der Waals surface area contributed by atoms with Crippen LogP contribution >= 0.6 is 0 Å². The summed E-state index contributed by atoms with van der Waals surface area (Å²) in [4.78, 5) is 15.9. The lowest BCUT2D eigenvalue weighted by Gasteiger charge is -2.29. The first-order chi connectivity index (χ1) is 8.27. The van der Waals surface area contributed by atoms with Crippen molar-refractivity contribution in [3.8, 4) is 0 Å². The van der Waals surface area contributed by atoms with E-state index in [0.717, 1.165) is 12.1 Å². The Hall–Kier alpha value is -1.46. The van der Waals surface area contributed by atoms with E-state index in [9.17, 15) is 4.79 Å². The molecule has 0 saturated carbocycles. The fourth-order valence-electron chi connectivity index (χ4n) is 1.83. The molecule has 5 heteroatoms. The number of hydrogen-bond acceptors (Lipinski definition) is 4. The van der Waals surface area contributed by atoms with E-state index in [0.29, 0.717) is 13.2 Å². The van der Waals surface area contributed by atoms with Gasteiger partial charge in [-0.3, -0.25) is 9.78 Å². The molecular weight excluding hydrogens is 218 g/mol. The number of morpholine rings is 1. The van der Waals surface area contributed by atoms with Crippen molar-refractivity contribution in [1.82, 2.24) is 15.6 Å². The average molecular weight is 235 g/mol. The minimum absolute atomic E-state index is 0.0268. The lowest BCUT2D eigenvalue weighted by atomic mass is 10.1. The number of carbonyl (C=O) groups is 1. The Morgan fingerprint density at radius 1 is 1.71 bits per heavy atom. The smallest absolute Gasteiger partial charge is 0.240 e. The van der Waals surface area contributed by atoms with Crippen LogP contribution in [0.3, 0.4) is 0 Å². The van der Waals surface area contributed by atoms with Gasteiger partial charge >= 0.3 is 0 Å². The van der Waals surface area contributed by atoms with E-state index in [4.69, 9.17) is 4.74 Å². The molecule has 1 aliphatic heterocycles. The highest BCUT2D eigenvalue weighted by Crippen LogP contribution is 2.04. The zero-order chi connectivity index (χ0) is 12.1. The molecule has 2 heterocycles. The number of nitrogens with one attached hydrogen (secondary N) is 2. The fraction of sp³-hybridized carbons (Fsp3) is 0.500. The van der Waals surface area contributed by atoms with Crippen molar-refractivity contribution in [3.63, 3.8) is 0 Å². The first kappa shape index (κ1) is 12.0. The van der Waals surface area contributed by atoms with Crippen LogP contribution < -0.4 is 10.6 Å². The molecule has 0 bridgehead atoms. The molecule has 1 amide bonds. The van der Waals surface area contributed by atoms with Crippen molar-refractivity contribution in [3.05, 3.63) is 30.1 Å². The summed E-state index contributed by atoms with van der Waals surface area (Å²) in [6.45, 7) is 3.78. The lowest BCUT2D eigenvalue weighted by molar-refractivity contribution is -0.129. The van der Waals surface area contributed by atoms with Crippen LogP contribution in [0.25, 0.3) is 0 Å². The third-order valence-corrected chi connectivity index (χ3v) is 2.79. The molecule has 0 radical (unpaired) electrons. The number of rotatable bonds is 3. The second-order valence-electron chi connectivity index (χ2n) is 4.09. The summed E-state index contributed by atoms with van der Waals surface area (Å²) in [6.07, 6.45) is 3.37. The van der Waals surface area contributed by atoms with E-state index >= 15 is 0 Å². The van der Waals surface area contributed by atoms with E-state index in [1.807, 2.05) is 19.1 Å². The zero-order valence-corrected chi connectivity index (χ0v) is 9.85. The summed E-state index contributed by atoms with van der Waals surface area (Å²) in [5, 5.41) is 6.03. The molecule has 1 aromatic rings. The minimum Gasteiger partial charge on any atom is -0.375 e. The van der Waals surface area contributed by atoms with E-state index in [1.54, 1.807) is 12.4 Å². The summed E-state index contributed by atoms with van der Waals surface area (Å²) in [6, 6.07) is 3.52. The molecule has 1 aromatic heterocycles. The molecule has 2 atom stereocenters. The Morgan fingerprint density at radius 3 is 3.29 bits per heavy atom. The van der Waals surface area contributed by atoms with Gasteiger partial charge in [0, 0.05) is 25.5 Å². The molecule has 17 heavy (non-hydrogen) atoms. The van der Waals surface area contributed by atoms with Gasteiger partial charge in [0.05, 0.1) is 12.7 Å². The standard InChI is InChI=1S/C12H17N3O2/c1-9-11(14-5-6-17-9)12(16)15-8-10-3-2-4-13-7-10/h2-4,7,9,11,14H,5-6,8H2,1H3,(H,15,16)/t9-,11+/m1/s1. The predicted octanol–water partition coefficient (Wildman–Crippen LogP) is 0.0747. The normalized spacial score (nSPS) is 24.3. The van der Waals surface area contributed by atoms with Gasteiger partial charge in [-0.25, -0.2) is 0 Å². The van der Waals surface area contributed by atoms with Gasteiger partial charge in [-0.1, -0.05) is 6.07 Å². The summed E-state index contributed by atoms with van der Waals surface area (Å²) >= 11 is 0. The van der Waals surface area contributed by atoms with Gasteiger partial charge in [-0.2, -0.15) is 0 Å². The highest BCUT2D eigenvalue weighted by atomic mass is 16.5. The molecule has 1 aliphatic rings. The number of ether oxygens (including phenoxy) is 1. The monoisotopic (exact) mass is 235 g/mol. The Morgan fingerprint density at radius 2 is 2.59 bits per heavy atom. The average Bonchev–Trinajstić information content (AvgIpc) is 2.38. The highest BCUT2D eigenvalue weighted by Gasteiger charge is 2.27. The van der Waals surface area contributed by atoms with Crippen molar-refractivity contribution in [2.75, 3.05) is 13.2 Å². The van der Waals surface area contributed by atoms with Crippen LogP contribution in [-0.4, -0.2) is 36.2 Å². The van der Waals surface area contributed by atoms with Gasteiger partial charge in [0.15, 0.2) is 0 Å². The number of carbonyl (C=O) groups excluding carboxylic acids is 1. The third-order valence-electron chi connectivity index (χ3n) is 2.79. The number of hydrogen-bond donors (Lipinski definition) is 2. The number of amides is 1. The number of pyridine rings is 1. The molecule has 0 aromatic carbocycles. The Balaban J connectivity index is 1.84. The Bertz CT molecular complexity index is 369. The maximum atomic E-state index is 11.9. The van der Waals surface area contributed by atoms with Crippen LogP contribution in [-0.2, 0) is 16.1 Å². The molecule has 0 aliphatic carbocycles. The lowest BCUT2D eigenvalue weighted by Crippen LogP contribution is -2.55. The molecular formula is C12H17N3O2. The Labute approximate surface area is 101 Å². The van der Waals surface area contributed by atoms with Crippen LogP contribution in [0.1, 0.15) is 12.5 Å². The molecule has 2 N–H and O–H groups in total. The molecule has 2 rings (SSSR count). The minimum atomic E-state index is -0.263. The van der Waals surface area contributed by atoms with E-state index in [1.165, 1.54) is 0 Å². The van der Waals surface area contributed by atoms with E-state index in [-0.39, 0.29) is 18.1 Å². The van der Waals surface area contributed by atoms with Gasteiger partial charge in [0.25, 0.3) is 0 Å². The van der Waals surface area contributed by atoms with Gasteiger partial charge in [0.1, 0.15) is 6.04 Å². The topological polar surface area (TPSA) is 63.2 Å². The highest BCUT2D eigenvalue weighted by molar-refractivity contribution is 5.82. The van der Waals surface area contributed by atoms with Crippen LogP contribution in [0.2, 0.25) is 0 Å². The van der Waals surface area contributed by atoms with Gasteiger partial charge in [0.2, 0.25) is 5.91 Å². The number of nitrogens with zero attached hydrogens (tertiary/aromatic N) is 1. The fourth-order valence-corrected chi connectivity index (χ4v) is 1.83. The second-order valence-corrected chi connectivity index (χ2v) is 4.09. The van der Waals surface area contributed by atoms with Gasteiger partial charge in [-0.15, -0.1) is 0 Å². The van der Waals surface area contributed by atoms with E-state index < -0.39 is 0 Å². The summed E-state index contributed by atoms with van der Waals surface area (Å²) in [5.74, 6) is -0.0268. The SMILES string of the molecule is C[C@H]1OCCN[C@@H]1C(=O)NCc1cccnc1. The molecule has 92 valence electrons. The first-order valence-electron chi connectivity index (χ1n) is 5.79. The zero-order valence-electron chi connectivity index (χ0n) is 9.85. The van der Waals surface area contributed by atoms with Gasteiger partial charge < -0.3 is 15.4 Å². The van der Waals surface area contributed by atoms with Crippen molar-refractivity contribution in [2.24, 2.45) is 0 Å². The van der Waals surface area contributed by atoms with Crippen molar-refractivity contribution in [2.45, 2.75) is 25.6 Å². The van der Waals surface area contributed by atoms with Crippen molar-refractivity contribution in [1.29, 1.82) is 0 Å². The second kappa shape index (κ2) is 5.75. The van der Waals surface area contributed by atoms with Crippen LogP contribution in [0, 0.1) is 0 Å². The summed E-state index contributed by atoms with van der Waals surface area (Å²) in [5.41, 5.74) is 0.991. The molecule has 0 spiro atoms. The van der Waals surface area contributed by atoms with Crippen LogP contribution in [0.15, 0.2) is 24.5 Å². The maximum absolute atomic E-state index is 11.9. The van der Waals surface area contributed by atoms with Crippen LogP contribution in [0.5, 0.6) is 0 Å². The first-order valence-corrected chi connectivity index (χ1v) is 5.79. The molecule has 1 saturated heterocycles.